The first kappa shape index (κ1) is 20.6. The lowest BCUT2D eigenvalue weighted by atomic mass is 10.2. The van der Waals surface area contributed by atoms with Gasteiger partial charge in [-0.3, -0.25) is 0 Å². The van der Waals surface area contributed by atoms with Crippen LogP contribution < -0.4 is 9.46 Å². The molecule has 7 nitrogen and oxygen atoms in total. The molecule has 0 aliphatic rings. The fraction of sp³-hybridized carbons (Fsp3) is 0.0476. The molecule has 0 aliphatic carbocycles. The maximum atomic E-state index is 13.0. The van der Waals surface area contributed by atoms with Gasteiger partial charge in [-0.25, -0.2) is 21.9 Å². The number of ether oxygens (including phenoxy) is 1. The summed E-state index contributed by atoms with van der Waals surface area (Å²) in [7, 11) is -3.85. The standard InChI is InChI=1S/C21H15F2N3O4S/c22-15-3-9-18(10-4-15)29-17-7-1-14(2-8-17)21-25-20(30-26-21)13-24-31(27,28)19-11-5-16(23)6-12-19/h1-12,24H,13H2. The number of hydrogen-bond donors (Lipinski definition) is 1. The predicted molar refractivity (Wildman–Crippen MR) is 107 cm³/mol. The second-order valence-corrected chi connectivity index (χ2v) is 8.14. The summed E-state index contributed by atoms with van der Waals surface area (Å²) in [6.45, 7) is -0.224. The Morgan fingerprint density at radius 1 is 0.839 bits per heavy atom. The highest BCUT2D eigenvalue weighted by Crippen LogP contribution is 2.25. The largest absolute Gasteiger partial charge is 0.457 e. The monoisotopic (exact) mass is 443 g/mol. The van der Waals surface area contributed by atoms with Crippen LogP contribution in [0.1, 0.15) is 5.89 Å². The molecule has 0 aliphatic heterocycles. The molecule has 4 rings (SSSR count). The van der Waals surface area contributed by atoms with E-state index in [9.17, 15) is 17.2 Å². The number of rotatable bonds is 7. The van der Waals surface area contributed by atoms with E-state index in [1.54, 1.807) is 24.3 Å². The fourth-order valence-corrected chi connectivity index (χ4v) is 3.58. The number of aromatic nitrogens is 2. The Bertz CT molecular complexity index is 1270. The van der Waals surface area contributed by atoms with Gasteiger partial charge in [-0.1, -0.05) is 5.16 Å². The van der Waals surface area contributed by atoms with Gasteiger partial charge in [0.1, 0.15) is 23.1 Å². The van der Waals surface area contributed by atoms with Crippen molar-refractivity contribution in [2.24, 2.45) is 0 Å². The highest BCUT2D eigenvalue weighted by molar-refractivity contribution is 7.89. The molecule has 0 saturated heterocycles. The Labute approximate surface area is 176 Å². The first-order valence-electron chi connectivity index (χ1n) is 9.01. The zero-order valence-corrected chi connectivity index (χ0v) is 16.6. The average molecular weight is 443 g/mol. The van der Waals surface area contributed by atoms with E-state index in [-0.39, 0.29) is 29.0 Å². The summed E-state index contributed by atoms with van der Waals surface area (Å²) >= 11 is 0. The van der Waals surface area contributed by atoms with Crippen molar-refractivity contribution in [2.75, 3.05) is 0 Å². The first-order valence-corrected chi connectivity index (χ1v) is 10.5. The second-order valence-electron chi connectivity index (χ2n) is 6.37. The maximum Gasteiger partial charge on any atom is 0.242 e. The van der Waals surface area contributed by atoms with Crippen LogP contribution >= 0.6 is 0 Å². The molecule has 0 unspecified atom stereocenters. The molecule has 0 bridgehead atoms. The van der Waals surface area contributed by atoms with Crippen LogP contribution in [0.3, 0.4) is 0 Å². The van der Waals surface area contributed by atoms with Crippen LogP contribution in [0.4, 0.5) is 8.78 Å². The maximum absolute atomic E-state index is 13.0. The molecule has 0 fully saturated rings. The summed E-state index contributed by atoms with van der Waals surface area (Å²) in [5.74, 6) is 0.470. The molecule has 0 spiro atoms. The Hall–Kier alpha value is -3.63. The van der Waals surface area contributed by atoms with E-state index in [1.165, 1.54) is 24.3 Å². The summed E-state index contributed by atoms with van der Waals surface area (Å²) in [5.41, 5.74) is 0.628. The van der Waals surface area contributed by atoms with Crippen LogP contribution in [0.15, 0.2) is 82.2 Å². The molecule has 1 aromatic heterocycles. The Morgan fingerprint density at radius 2 is 1.39 bits per heavy atom. The lowest BCUT2D eigenvalue weighted by molar-refractivity contribution is 0.376. The van der Waals surface area contributed by atoms with E-state index >= 15 is 0 Å². The highest BCUT2D eigenvalue weighted by atomic mass is 32.2. The summed E-state index contributed by atoms with van der Waals surface area (Å²) in [6, 6.07) is 16.8. The summed E-state index contributed by atoms with van der Waals surface area (Å²) in [4.78, 5) is 4.09. The molecule has 4 aromatic rings. The van der Waals surface area contributed by atoms with Crippen LogP contribution in [0.25, 0.3) is 11.4 Å². The third-order valence-corrected chi connectivity index (χ3v) is 5.58. The normalized spacial score (nSPS) is 11.4. The van der Waals surface area contributed by atoms with E-state index in [0.29, 0.717) is 17.1 Å². The molecule has 1 heterocycles. The number of halogens is 2. The number of benzene rings is 3. The van der Waals surface area contributed by atoms with Crippen molar-refractivity contribution in [1.82, 2.24) is 14.9 Å². The van der Waals surface area contributed by atoms with Gasteiger partial charge in [0.15, 0.2) is 0 Å². The van der Waals surface area contributed by atoms with Gasteiger partial charge < -0.3 is 9.26 Å². The third kappa shape index (κ3) is 5.11. The highest BCUT2D eigenvalue weighted by Gasteiger charge is 2.16. The number of hydrogen-bond acceptors (Lipinski definition) is 6. The van der Waals surface area contributed by atoms with Crippen molar-refractivity contribution in [2.45, 2.75) is 11.4 Å². The molecule has 0 saturated carbocycles. The smallest absolute Gasteiger partial charge is 0.242 e. The molecular weight excluding hydrogens is 428 g/mol. The average Bonchev–Trinajstić information content (AvgIpc) is 3.24. The molecule has 158 valence electrons. The minimum absolute atomic E-state index is 0.0623. The van der Waals surface area contributed by atoms with E-state index in [1.807, 2.05) is 0 Å². The van der Waals surface area contributed by atoms with Crippen molar-refractivity contribution >= 4 is 10.0 Å². The van der Waals surface area contributed by atoms with E-state index < -0.39 is 15.8 Å². The molecule has 10 heteroatoms. The number of nitrogens with one attached hydrogen (secondary N) is 1. The topological polar surface area (TPSA) is 94.3 Å². The van der Waals surface area contributed by atoms with Crippen LogP contribution in [-0.4, -0.2) is 18.6 Å². The van der Waals surface area contributed by atoms with Gasteiger partial charge in [-0.2, -0.15) is 4.98 Å². The molecule has 0 radical (unpaired) electrons. The molecule has 0 atom stereocenters. The molecule has 3 aromatic carbocycles. The second kappa shape index (κ2) is 8.62. The Morgan fingerprint density at radius 3 is 2.00 bits per heavy atom. The summed E-state index contributed by atoms with van der Waals surface area (Å²) in [5, 5.41) is 3.84. The molecule has 31 heavy (non-hydrogen) atoms. The van der Waals surface area contributed by atoms with Gasteiger partial charge in [0.05, 0.1) is 11.4 Å². The Kier molecular flexibility index (Phi) is 5.74. The van der Waals surface area contributed by atoms with Gasteiger partial charge in [0, 0.05) is 5.56 Å². The summed E-state index contributed by atoms with van der Waals surface area (Å²) < 4.78 is 63.4. The van der Waals surface area contributed by atoms with Gasteiger partial charge in [-0.15, -0.1) is 0 Å². The zero-order chi connectivity index (χ0) is 21.8. The van der Waals surface area contributed by atoms with Gasteiger partial charge >= 0.3 is 0 Å². The third-order valence-electron chi connectivity index (χ3n) is 4.17. The van der Waals surface area contributed by atoms with E-state index in [4.69, 9.17) is 9.26 Å². The minimum Gasteiger partial charge on any atom is -0.457 e. The zero-order valence-electron chi connectivity index (χ0n) is 15.8. The molecule has 0 amide bonds. The first-order chi connectivity index (χ1) is 14.9. The minimum atomic E-state index is -3.85. The van der Waals surface area contributed by atoms with E-state index in [2.05, 4.69) is 14.9 Å². The van der Waals surface area contributed by atoms with Crippen molar-refractivity contribution in [3.05, 3.63) is 90.3 Å². The SMILES string of the molecule is O=S(=O)(NCc1nc(-c2ccc(Oc3ccc(F)cc3)cc2)no1)c1ccc(F)cc1. The van der Waals surface area contributed by atoms with Gasteiger partial charge in [0.2, 0.25) is 21.7 Å². The van der Waals surface area contributed by atoms with Crippen molar-refractivity contribution in [1.29, 1.82) is 0 Å². The predicted octanol–water partition coefficient (Wildman–Crippen LogP) is 4.29. The van der Waals surface area contributed by atoms with Gasteiger partial charge in [0.25, 0.3) is 0 Å². The Balaban J connectivity index is 1.40. The van der Waals surface area contributed by atoms with Crippen LogP contribution in [0.2, 0.25) is 0 Å². The van der Waals surface area contributed by atoms with Crippen molar-refractivity contribution in [3.8, 4) is 22.9 Å². The molecule has 1 N–H and O–H groups in total. The number of nitrogens with zero attached hydrogens (tertiary/aromatic N) is 2. The fourth-order valence-electron chi connectivity index (χ4n) is 2.61. The molecular formula is C21H15F2N3O4S. The van der Waals surface area contributed by atoms with E-state index in [0.717, 1.165) is 24.3 Å². The lowest BCUT2D eigenvalue weighted by Gasteiger charge is -2.05. The van der Waals surface area contributed by atoms with Crippen molar-refractivity contribution in [3.63, 3.8) is 0 Å². The van der Waals surface area contributed by atoms with Crippen LogP contribution in [-0.2, 0) is 16.6 Å². The number of sulfonamides is 1. The summed E-state index contributed by atoms with van der Waals surface area (Å²) in [6.07, 6.45) is 0. The van der Waals surface area contributed by atoms with Crippen LogP contribution in [0.5, 0.6) is 11.5 Å². The van der Waals surface area contributed by atoms with Gasteiger partial charge in [-0.05, 0) is 72.8 Å². The lowest BCUT2D eigenvalue weighted by Crippen LogP contribution is -2.23. The quantitative estimate of drug-likeness (QED) is 0.458. The van der Waals surface area contributed by atoms with Crippen molar-refractivity contribution < 1.29 is 26.5 Å². The van der Waals surface area contributed by atoms with Crippen LogP contribution in [0, 0.1) is 11.6 Å².